The van der Waals surface area contributed by atoms with Gasteiger partial charge >= 0.3 is 0 Å². The van der Waals surface area contributed by atoms with Crippen molar-refractivity contribution in [3.63, 3.8) is 0 Å². The van der Waals surface area contributed by atoms with E-state index in [1.165, 1.54) is 0 Å². The molecule has 0 N–H and O–H groups in total. The molecule has 1 aliphatic rings. The van der Waals surface area contributed by atoms with E-state index in [1.807, 2.05) is 11.8 Å². The lowest BCUT2D eigenvalue weighted by atomic mass is 10.1. The number of hydrogen-bond donors (Lipinski definition) is 0. The summed E-state index contributed by atoms with van der Waals surface area (Å²) < 4.78 is 0. The summed E-state index contributed by atoms with van der Waals surface area (Å²) >= 11 is 5.71. The summed E-state index contributed by atoms with van der Waals surface area (Å²) in [4.78, 5) is 16.3. The molecular formula is C12H23ClN2O. The molecular weight excluding hydrogens is 224 g/mol. The summed E-state index contributed by atoms with van der Waals surface area (Å²) in [5.74, 6) is 1.28. The lowest BCUT2D eigenvalue weighted by molar-refractivity contribution is -0.136. The minimum absolute atomic E-state index is 0.0432. The molecule has 0 aliphatic carbocycles. The molecule has 0 radical (unpaired) electrons. The van der Waals surface area contributed by atoms with Crippen LogP contribution in [-0.2, 0) is 4.79 Å². The van der Waals surface area contributed by atoms with Crippen LogP contribution in [-0.4, -0.2) is 54.3 Å². The molecule has 16 heavy (non-hydrogen) atoms. The number of carbonyl (C=O) groups is 1. The summed E-state index contributed by atoms with van der Waals surface area (Å²) in [6, 6.07) is 0. The average molecular weight is 247 g/mol. The molecule has 3 nitrogen and oxygen atoms in total. The number of amides is 1. The van der Waals surface area contributed by atoms with Gasteiger partial charge in [-0.15, -0.1) is 11.6 Å². The highest BCUT2D eigenvalue weighted by Gasteiger charge is 2.24. The number of nitrogens with zero attached hydrogens (tertiary/aromatic N) is 2. The first-order chi connectivity index (χ1) is 7.54. The van der Waals surface area contributed by atoms with Gasteiger partial charge in [-0.25, -0.2) is 0 Å². The summed E-state index contributed by atoms with van der Waals surface area (Å²) in [6.45, 7) is 11.2. The molecule has 0 aromatic carbocycles. The average Bonchev–Trinajstić information content (AvgIpc) is 2.27. The fourth-order valence-corrected chi connectivity index (χ4v) is 2.18. The third kappa shape index (κ3) is 3.95. The van der Waals surface area contributed by atoms with Crippen molar-refractivity contribution in [2.75, 3.05) is 38.6 Å². The van der Waals surface area contributed by atoms with E-state index in [0.29, 0.717) is 11.8 Å². The smallest absolute Gasteiger partial charge is 0.226 e. The largest absolute Gasteiger partial charge is 0.340 e. The lowest BCUT2D eigenvalue weighted by Crippen LogP contribution is -2.50. The second-order valence-corrected chi connectivity index (χ2v) is 5.38. The molecule has 94 valence electrons. The van der Waals surface area contributed by atoms with Gasteiger partial charge in [-0.2, -0.15) is 0 Å². The van der Waals surface area contributed by atoms with Crippen LogP contribution in [0.15, 0.2) is 0 Å². The number of alkyl halides is 1. The fourth-order valence-electron chi connectivity index (χ4n) is 2.04. The van der Waals surface area contributed by atoms with E-state index >= 15 is 0 Å². The lowest BCUT2D eigenvalue weighted by Gasteiger charge is -2.36. The molecule has 0 spiro atoms. The van der Waals surface area contributed by atoms with Crippen LogP contribution in [0, 0.1) is 11.8 Å². The Kier molecular flexibility index (Phi) is 5.56. The predicted octanol–water partition coefficient (Wildman–Crippen LogP) is 1.66. The third-order valence-corrected chi connectivity index (χ3v) is 3.42. The molecule has 1 amide bonds. The fraction of sp³-hybridized carbons (Fsp3) is 0.917. The molecule has 0 saturated carbocycles. The van der Waals surface area contributed by atoms with Gasteiger partial charge in [-0.3, -0.25) is 9.69 Å². The van der Waals surface area contributed by atoms with Crippen LogP contribution in [0.25, 0.3) is 0 Å². The Morgan fingerprint density at radius 2 is 1.75 bits per heavy atom. The van der Waals surface area contributed by atoms with Crippen LogP contribution in [0.4, 0.5) is 0 Å². The van der Waals surface area contributed by atoms with Crippen LogP contribution in [0.3, 0.4) is 0 Å². The molecule has 1 fully saturated rings. The molecule has 1 rings (SSSR count). The first-order valence-corrected chi connectivity index (χ1v) is 6.65. The van der Waals surface area contributed by atoms with Crippen LogP contribution >= 0.6 is 11.6 Å². The highest BCUT2D eigenvalue weighted by atomic mass is 35.5. The van der Waals surface area contributed by atoms with Crippen LogP contribution in [0.5, 0.6) is 0 Å². The quantitative estimate of drug-likeness (QED) is 0.705. The number of rotatable bonds is 4. The highest BCUT2D eigenvalue weighted by molar-refractivity contribution is 6.19. The van der Waals surface area contributed by atoms with Crippen molar-refractivity contribution < 1.29 is 4.79 Å². The Morgan fingerprint density at radius 1 is 1.19 bits per heavy atom. The summed E-state index contributed by atoms with van der Waals surface area (Å²) in [5.41, 5.74) is 0. The topological polar surface area (TPSA) is 23.6 Å². The first kappa shape index (κ1) is 13.8. The van der Waals surface area contributed by atoms with E-state index in [2.05, 4.69) is 18.7 Å². The van der Waals surface area contributed by atoms with Crippen LogP contribution < -0.4 is 0 Å². The van der Waals surface area contributed by atoms with E-state index in [-0.39, 0.29) is 11.8 Å². The normalized spacial score (nSPS) is 20.2. The minimum atomic E-state index is -0.0432. The van der Waals surface area contributed by atoms with Gasteiger partial charge in [-0.1, -0.05) is 20.8 Å². The van der Waals surface area contributed by atoms with Crippen molar-refractivity contribution in [3.05, 3.63) is 0 Å². The predicted molar refractivity (Wildman–Crippen MR) is 67.7 cm³/mol. The molecule has 1 heterocycles. The van der Waals surface area contributed by atoms with Crippen molar-refractivity contribution in [1.29, 1.82) is 0 Å². The second-order valence-electron chi connectivity index (χ2n) is 5.08. The van der Waals surface area contributed by atoms with E-state index in [1.54, 1.807) is 0 Å². The second kappa shape index (κ2) is 6.45. The summed E-state index contributed by atoms with van der Waals surface area (Å²) in [5, 5.41) is 0. The van der Waals surface area contributed by atoms with Crippen molar-refractivity contribution in [3.8, 4) is 0 Å². The zero-order valence-electron chi connectivity index (χ0n) is 10.6. The van der Waals surface area contributed by atoms with E-state index < -0.39 is 0 Å². The van der Waals surface area contributed by atoms with E-state index in [9.17, 15) is 4.79 Å². The Balaban J connectivity index is 2.34. The standard InChI is InChI=1S/C12H23ClN2O/c1-10(2)9-14-4-6-15(7-5-14)12(16)11(3)8-13/h10-11H,4-9H2,1-3H3. The maximum Gasteiger partial charge on any atom is 0.226 e. The number of piperazine rings is 1. The maximum atomic E-state index is 11.9. The van der Waals surface area contributed by atoms with Gasteiger partial charge < -0.3 is 4.90 Å². The van der Waals surface area contributed by atoms with Gasteiger partial charge in [0.2, 0.25) is 5.91 Å². The molecule has 4 heteroatoms. The molecule has 1 unspecified atom stereocenters. The van der Waals surface area contributed by atoms with Gasteiger partial charge in [0.05, 0.1) is 0 Å². The Morgan fingerprint density at radius 3 is 2.19 bits per heavy atom. The SMILES string of the molecule is CC(C)CN1CCN(C(=O)C(C)CCl)CC1. The summed E-state index contributed by atoms with van der Waals surface area (Å²) in [6.07, 6.45) is 0. The van der Waals surface area contributed by atoms with Crippen molar-refractivity contribution in [2.45, 2.75) is 20.8 Å². The summed E-state index contributed by atoms with van der Waals surface area (Å²) in [7, 11) is 0. The van der Waals surface area contributed by atoms with Gasteiger partial charge in [0.1, 0.15) is 0 Å². The Labute approximate surface area is 104 Å². The Bertz CT molecular complexity index is 225. The molecule has 0 bridgehead atoms. The van der Waals surface area contributed by atoms with Gasteiger partial charge in [0, 0.05) is 44.5 Å². The van der Waals surface area contributed by atoms with Crippen LogP contribution in [0.2, 0.25) is 0 Å². The number of hydrogen-bond acceptors (Lipinski definition) is 2. The number of halogens is 1. The van der Waals surface area contributed by atoms with Crippen LogP contribution in [0.1, 0.15) is 20.8 Å². The van der Waals surface area contributed by atoms with Gasteiger partial charge in [0.15, 0.2) is 0 Å². The highest BCUT2D eigenvalue weighted by Crippen LogP contribution is 2.10. The van der Waals surface area contributed by atoms with Gasteiger partial charge in [-0.05, 0) is 5.92 Å². The number of carbonyl (C=O) groups excluding carboxylic acids is 1. The monoisotopic (exact) mass is 246 g/mol. The molecule has 1 aliphatic heterocycles. The van der Waals surface area contributed by atoms with Crippen molar-refractivity contribution in [2.24, 2.45) is 11.8 Å². The first-order valence-electron chi connectivity index (χ1n) is 6.11. The Hall–Kier alpha value is -0.280. The maximum absolute atomic E-state index is 11.9. The third-order valence-electron chi connectivity index (χ3n) is 2.96. The zero-order chi connectivity index (χ0) is 12.1. The molecule has 1 saturated heterocycles. The molecule has 0 aromatic heterocycles. The van der Waals surface area contributed by atoms with E-state index in [0.717, 1.165) is 32.7 Å². The van der Waals surface area contributed by atoms with E-state index in [4.69, 9.17) is 11.6 Å². The zero-order valence-corrected chi connectivity index (χ0v) is 11.3. The van der Waals surface area contributed by atoms with Gasteiger partial charge in [0.25, 0.3) is 0 Å². The van der Waals surface area contributed by atoms with Crippen molar-refractivity contribution in [1.82, 2.24) is 9.80 Å². The molecule has 1 atom stereocenters. The minimum Gasteiger partial charge on any atom is -0.340 e. The molecule has 0 aromatic rings. The van der Waals surface area contributed by atoms with Crippen molar-refractivity contribution >= 4 is 17.5 Å².